The van der Waals surface area contributed by atoms with Gasteiger partial charge in [-0.1, -0.05) is 11.6 Å². The number of nitrogens with one attached hydrogen (secondary N) is 1. The lowest BCUT2D eigenvalue weighted by Gasteiger charge is -2.08. The predicted molar refractivity (Wildman–Crippen MR) is 80.9 cm³/mol. The molecule has 5 heteroatoms. The molecule has 2 rings (SSSR count). The standard InChI is InChI=1S/C13H12ClIN2O/c14-10-3-4-12(15)11(9-10)13(18)16-5-8-17-6-1-2-7-17/h1-4,6-7,9H,5,8H2,(H,16,18). The van der Waals surface area contributed by atoms with Gasteiger partial charge in [0.05, 0.1) is 5.56 Å². The first-order valence-corrected chi connectivity index (χ1v) is 6.96. The van der Waals surface area contributed by atoms with Crippen LogP contribution in [0.3, 0.4) is 0 Å². The molecule has 3 nitrogen and oxygen atoms in total. The third kappa shape index (κ3) is 3.49. The molecule has 0 aliphatic rings. The summed E-state index contributed by atoms with van der Waals surface area (Å²) in [5.41, 5.74) is 0.621. The number of hydrogen-bond donors (Lipinski definition) is 1. The number of benzene rings is 1. The molecule has 1 aromatic carbocycles. The van der Waals surface area contributed by atoms with E-state index in [0.29, 0.717) is 17.1 Å². The van der Waals surface area contributed by atoms with E-state index in [2.05, 4.69) is 27.9 Å². The van der Waals surface area contributed by atoms with Crippen LogP contribution in [0.2, 0.25) is 5.02 Å². The minimum absolute atomic E-state index is 0.0888. The van der Waals surface area contributed by atoms with Crippen LogP contribution in [0, 0.1) is 3.57 Å². The molecule has 0 fully saturated rings. The van der Waals surface area contributed by atoms with Crippen molar-refractivity contribution in [1.82, 2.24) is 9.88 Å². The molecular formula is C13H12ClIN2O. The maximum absolute atomic E-state index is 12.0. The normalized spacial score (nSPS) is 10.3. The van der Waals surface area contributed by atoms with Crippen LogP contribution in [-0.2, 0) is 6.54 Å². The monoisotopic (exact) mass is 374 g/mol. The van der Waals surface area contributed by atoms with Crippen molar-refractivity contribution in [1.29, 1.82) is 0 Å². The minimum atomic E-state index is -0.0888. The van der Waals surface area contributed by atoms with Crippen LogP contribution in [0.4, 0.5) is 0 Å². The summed E-state index contributed by atoms with van der Waals surface area (Å²) in [5.74, 6) is -0.0888. The first-order chi connectivity index (χ1) is 8.66. The van der Waals surface area contributed by atoms with Gasteiger partial charge in [-0.05, 0) is 52.9 Å². The Hall–Kier alpha value is -1.01. The smallest absolute Gasteiger partial charge is 0.252 e. The highest BCUT2D eigenvalue weighted by molar-refractivity contribution is 14.1. The lowest BCUT2D eigenvalue weighted by molar-refractivity contribution is 0.0951. The highest BCUT2D eigenvalue weighted by Gasteiger charge is 2.09. The van der Waals surface area contributed by atoms with Crippen molar-refractivity contribution in [2.75, 3.05) is 6.54 Å². The van der Waals surface area contributed by atoms with Gasteiger partial charge in [0.1, 0.15) is 0 Å². The fraction of sp³-hybridized carbons (Fsp3) is 0.154. The largest absolute Gasteiger partial charge is 0.353 e. The maximum atomic E-state index is 12.0. The van der Waals surface area contributed by atoms with Gasteiger partial charge in [0.15, 0.2) is 0 Å². The van der Waals surface area contributed by atoms with Crippen LogP contribution in [0.15, 0.2) is 42.7 Å². The number of nitrogens with zero attached hydrogens (tertiary/aromatic N) is 1. The summed E-state index contributed by atoms with van der Waals surface area (Å²) in [4.78, 5) is 12.0. The molecule has 1 aromatic heterocycles. The van der Waals surface area contributed by atoms with Crippen molar-refractivity contribution in [2.45, 2.75) is 6.54 Å². The quantitative estimate of drug-likeness (QED) is 0.820. The van der Waals surface area contributed by atoms with E-state index in [4.69, 9.17) is 11.6 Å². The topological polar surface area (TPSA) is 34.0 Å². The van der Waals surface area contributed by atoms with Crippen LogP contribution in [-0.4, -0.2) is 17.0 Å². The summed E-state index contributed by atoms with van der Waals surface area (Å²) in [6.07, 6.45) is 3.94. The van der Waals surface area contributed by atoms with Gasteiger partial charge in [0, 0.05) is 34.1 Å². The van der Waals surface area contributed by atoms with Crippen molar-refractivity contribution in [3.8, 4) is 0 Å². The molecular weight excluding hydrogens is 363 g/mol. The van der Waals surface area contributed by atoms with Crippen molar-refractivity contribution in [2.24, 2.45) is 0 Å². The van der Waals surface area contributed by atoms with E-state index in [9.17, 15) is 4.79 Å². The average Bonchev–Trinajstić information content (AvgIpc) is 2.85. The zero-order valence-electron chi connectivity index (χ0n) is 9.57. The Morgan fingerprint density at radius 1 is 1.33 bits per heavy atom. The molecule has 0 aliphatic heterocycles. The van der Waals surface area contributed by atoms with Gasteiger partial charge >= 0.3 is 0 Å². The van der Waals surface area contributed by atoms with Gasteiger partial charge in [-0.25, -0.2) is 0 Å². The number of rotatable bonds is 4. The first kappa shape index (κ1) is 13.4. The summed E-state index contributed by atoms with van der Waals surface area (Å²) in [7, 11) is 0. The minimum Gasteiger partial charge on any atom is -0.353 e. The van der Waals surface area contributed by atoms with E-state index in [0.717, 1.165) is 10.1 Å². The van der Waals surface area contributed by atoms with E-state index in [1.165, 1.54) is 0 Å². The third-order valence-electron chi connectivity index (χ3n) is 2.49. The van der Waals surface area contributed by atoms with Crippen molar-refractivity contribution < 1.29 is 4.79 Å². The number of amides is 1. The maximum Gasteiger partial charge on any atom is 0.252 e. The van der Waals surface area contributed by atoms with Crippen LogP contribution in [0.5, 0.6) is 0 Å². The molecule has 0 saturated carbocycles. The van der Waals surface area contributed by atoms with Gasteiger partial charge in [-0.2, -0.15) is 0 Å². The molecule has 0 atom stereocenters. The second kappa shape index (κ2) is 6.24. The second-order valence-corrected chi connectivity index (χ2v) is 5.40. The van der Waals surface area contributed by atoms with Crippen molar-refractivity contribution >= 4 is 40.1 Å². The SMILES string of the molecule is O=C(NCCn1cccc1)c1cc(Cl)ccc1I. The molecule has 94 valence electrons. The summed E-state index contributed by atoms with van der Waals surface area (Å²) in [6.45, 7) is 1.35. The van der Waals surface area contributed by atoms with Gasteiger partial charge in [0.2, 0.25) is 0 Å². The highest BCUT2D eigenvalue weighted by atomic mass is 127. The van der Waals surface area contributed by atoms with E-state index >= 15 is 0 Å². The summed E-state index contributed by atoms with van der Waals surface area (Å²) < 4.78 is 2.92. The first-order valence-electron chi connectivity index (χ1n) is 5.51. The Morgan fingerprint density at radius 2 is 2.06 bits per heavy atom. The molecule has 0 radical (unpaired) electrons. The number of halogens is 2. The molecule has 1 N–H and O–H groups in total. The van der Waals surface area contributed by atoms with Crippen LogP contribution < -0.4 is 5.32 Å². The van der Waals surface area contributed by atoms with E-state index < -0.39 is 0 Å². The second-order valence-electron chi connectivity index (χ2n) is 3.80. The summed E-state index contributed by atoms with van der Waals surface area (Å²) in [6, 6.07) is 9.22. The Balaban J connectivity index is 1.93. The number of aromatic nitrogens is 1. The number of carbonyl (C=O) groups excluding carboxylic acids is 1. The third-order valence-corrected chi connectivity index (χ3v) is 3.67. The zero-order valence-corrected chi connectivity index (χ0v) is 12.5. The van der Waals surface area contributed by atoms with Crippen LogP contribution in [0.1, 0.15) is 10.4 Å². The fourth-order valence-corrected chi connectivity index (χ4v) is 2.34. The lowest BCUT2D eigenvalue weighted by atomic mass is 10.2. The van der Waals surface area contributed by atoms with Gasteiger partial charge in [-0.15, -0.1) is 0 Å². The molecule has 0 spiro atoms. The molecule has 0 bridgehead atoms. The average molecular weight is 375 g/mol. The molecule has 0 aliphatic carbocycles. The van der Waals surface area contributed by atoms with Crippen molar-refractivity contribution in [3.05, 3.63) is 56.9 Å². The Kier molecular flexibility index (Phi) is 4.66. The molecule has 1 heterocycles. The van der Waals surface area contributed by atoms with Crippen molar-refractivity contribution in [3.63, 3.8) is 0 Å². The van der Waals surface area contributed by atoms with Gasteiger partial charge in [0.25, 0.3) is 5.91 Å². The summed E-state index contributed by atoms with van der Waals surface area (Å²) >= 11 is 8.02. The number of hydrogen-bond acceptors (Lipinski definition) is 1. The van der Waals surface area contributed by atoms with Gasteiger partial charge < -0.3 is 9.88 Å². The molecule has 1 amide bonds. The molecule has 0 saturated heterocycles. The molecule has 0 unspecified atom stereocenters. The highest BCUT2D eigenvalue weighted by Crippen LogP contribution is 2.17. The molecule has 18 heavy (non-hydrogen) atoms. The fourth-order valence-electron chi connectivity index (χ4n) is 1.58. The summed E-state index contributed by atoms with van der Waals surface area (Å²) in [5, 5.41) is 3.46. The predicted octanol–water partition coefficient (Wildman–Crippen LogP) is 3.18. The Bertz CT molecular complexity index is 540. The van der Waals surface area contributed by atoms with E-state index in [1.807, 2.05) is 35.2 Å². The van der Waals surface area contributed by atoms with Gasteiger partial charge in [-0.3, -0.25) is 4.79 Å². The Morgan fingerprint density at radius 3 is 2.78 bits per heavy atom. The molecule has 2 aromatic rings. The Labute approximate surface area is 124 Å². The lowest BCUT2D eigenvalue weighted by Crippen LogP contribution is -2.27. The van der Waals surface area contributed by atoms with Crippen LogP contribution in [0.25, 0.3) is 0 Å². The van der Waals surface area contributed by atoms with E-state index in [-0.39, 0.29) is 5.91 Å². The zero-order chi connectivity index (χ0) is 13.0. The number of carbonyl (C=O) groups is 1. The van der Waals surface area contributed by atoms with Crippen LogP contribution >= 0.6 is 34.2 Å². The van der Waals surface area contributed by atoms with E-state index in [1.54, 1.807) is 12.1 Å².